The van der Waals surface area contributed by atoms with Crippen molar-refractivity contribution in [2.75, 3.05) is 44.2 Å². The Bertz CT molecular complexity index is 2430. The van der Waals surface area contributed by atoms with Crippen LogP contribution in [-0.2, 0) is 33.8 Å². The van der Waals surface area contributed by atoms with Gasteiger partial charge in [-0.2, -0.15) is 0 Å². The lowest BCUT2D eigenvalue weighted by Gasteiger charge is -2.47. The van der Waals surface area contributed by atoms with Crippen molar-refractivity contribution in [2.45, 2.75) is 82.2 Å². The van der Waals surface area contributed by atoms with E-state index in [0.717, 1.165) is 86.3 Å². The Balaban J connectivity index is 0.737. The summed E-state index contributed by atoms with van der Waals surface area (Å²) in [5.41, 5.74) is 8.64. The first kappa shape index (κ1) is 39.3. The van der Waals surface area contributed by atoms with Gasteiger partial charge in [-0.15, -0.1) is 0 Å². The number of fused-ring (bicyclic) bond motifs is 3. The average Bonchev–Trinajstić information content (AvgIpc) is 3.50. The van der Waals surface area contributed by atoms with Crippen molar-refractivity contribution in [1.82, 2.24) is 20.0 Å². The van der Waals surface area contributed by atoms with E-state index >= 15 is 0 Å². The molecule has 1 aliphatic carbocycles. The second kappa shape index (κ2) is 15.5. The van der Waals surface area contributed by atoms with Crippen molar-refractivity contribution in [1.29, 1.82) is 0 Å². The lowest BCUT2D eigenvalue weighted by molar-refractivity contribution is -0.137. The van der Waals surface area contributed by atoms with E-state index in [1.807, 2.05) is 23.1 Å². The molecule has 5 aliphatic heterocycles. The second-order valence-electron chi connectivity index (χ2n) is 18.1. The Labute approximate surface area is 354 Å². The van der Waals surface area contributed by atoms with Crippen molar-refractivity contribution in [3.05, 3.63) is 129 Å². The number of aryl methyl sites for hydroxylation is 1. The number of carbonyl (C=O) groups excluding carboxylic acids is 5. The zero-order valence-corrected chi connectivity index (χ0v) is 34.2. The third-order valence-corrected chi connectivity index (χ3v) is 14.7. The molecule has 6 aliphatic rings. The fourth-order valence-corrected chi connectivity index (χ4v) is 11.2. The topological polar surface area (TPSA) is 131 Å². The van der Waals surface area contributed by atoms with Gasteiger partial charge in [0.15, 0.2) is 0 Å². The zero-order valence-electron chi connectivity index (χ0n) is 34.2. The first-order valence-electron chi connectivity index (χ1n) is 21.8. The highest BCUT2D eigenvalue weighted by molar-refractivity contribution is 6.23. The molecule has 0 aromatic heterocycles. The van der Waals surface area contributed by atoms with Crippen LogP contribution in [0.2, 0.25) is 0 Å². The van der Waals surface area contributed by atoms with Gasteiger partial charge >= 0.3 is 0 Å². The number of hydrogen-bond donors (Lipinski definition) is 2. The highest BCUT2D eigenvalue weighted by atomic mass is 19.1. The van der Waals surface area contributed by atoms with Crippen LogP contribution in [0.15, 0.2) is 78.9 Å². The Kier molecular flexibility index (Phi) is 10.0. The fourth-order valence-electron chi connectivity index (χ4n) is 11.2. The number of aromatic hydroxyl groups is 1. The number of anilines is 1. The number of imide groups is 2. The van der Waals surface area contributed by atoms with Gasteiger partial charge in [-0.1, -0.05) is 30.3 Å². The van der Waals surface area contributed by atoms with Gasteiger partial charge in [0.05, 0.1) is 17.7 Å². The number of nitrogens with zero attached hydrogens (tertiary/aromatic N) is 4. The Morgan fingerprint density at radius 1 is 0.721 bits per heavy atom. The maximum atomic E-state index is 13.9. The smallest absolute Gasteiger partial charge is 0.262 e. The van der Waals surface area contributed by atoms with Crippen LogP contribution in [0.4, 0.5) is 10.1 Å². The van der Waals surface area contributed by atoms with Crippen molar-refractivity contribution in [3.8, 4) is 5.75 Å². The fraction of sp³-hybridized carbons (Fsp3) is 0.408. The maximum Gasteiger partial charge on any atom is 0.262 e. The van der Waals surface area contributed by atoms with Crippen molar-refractivity contribution in [2.24, 2.45) is 5.41 Å². The molecule has 1 unspecified atom stereocenters. The third-order valence-electron chi connectivity index (χ3n) is 14.7. The van der Waals surface area contributed by atoms with Crippen LogP contribution in [0, 0.1) is 11.2 Å². The molecule has 61 heavy (non-hydrogen) atoms. The summed E-state index contributed by atoms with van der Waals surface area (Å²) >= 11 is 0. The van der Waals surface area contributed by atoms with Crippen LogP contribution in [0.1, 0.15) is 111 Å². The SMILES string of the molecule is O=C1CCC(N2C(=O)c3cc4c(cc3C2=O)CN(CC(=O)N2CCC3(CC2)CCN(c2ccc([C@@H]5c6ccc(O)cc6CC[C@@H]5c5ccc(F)cc5)cc2)CC3)CC4)C(=O)N1. The van der Waals surface area contributed by atoms with Crippen LogP contribution < -0.4 is 10.2 Å². The van der Waals surface area contributed by atoms with Gasteiger partial charge in [-0.25, -0.2) is 4.39 Å². The van der Waals surface area contributed by atoms with E-state index in [1.165, 1.54) is 22.4 Å². The second-order valence-corrected chi connectivity index (χ2v) is 18.1. The summed E-state index contributed by atoms with van der Waals surface area (Å²) in [4.78, 5) is 72.2. The standard InChI is InChI=1S/C49H50FN5O6/c50-35-6-1-30(2-7-35)38-11-5-33-25-37(56)10-12-39(33)45(38)31-3-8-36(9-4-31)53-21-16-49(17-22-53)18-23-54(24-19-49)44(58)29-52-20-15-32-26-40-41(27-34(32)28-52)48(61)55(47(40)60)42-13-14-43(57)51-46(42)59/h1-4,6-10,12,25-27,38,42,45,56H,5,11,13-24,28-29H2,(H,51,57,59)/t38-,42?,45+/m1/s1. The molecule has 5 amide bonds. The van der Waals surface area contributed by atoms with Gasteiger partial charge in [0, 0.05) is 57.3 Å². The largest absolute Gasteiger partial charge is 0.508 e. The summed E-state index contributed by atoms with van der Waals surface area (Å²) in [5, 5.41) is 12.5. The van der Waals surface area contributed by atoms with Gasteiger partial charge in [-0.3, -0.25) is 39.1 Å². The number of phenols is 1. The number of rotatable bonds is 6. The molecule has 3 fully saturated rings. The molecule has 3 saturated heterocycles. The van der Waals surface area contributed by atoms with E-state index in [0.29, 0.717) is 31.6 Å². The summed E-state index contributed by atoms with van der Waals surface area (Å²) in [6, 6.07) is 24.1. The molecule has 4 aromatic rings. The lowest BCUT2D eigenvalue weighted by atomic mass is 9.69. The molecule has 314 valence electrons. The van der Waals surface area contributed by atoms with Crippen molar-refractivity contribution < 1.29 is 33.5 Å². The van der Waals surface area contributed by atoms with Crippen LogP contribution in [0.3, 0.4) is 0 Å². The number of phenolic OH excluding ortho intramolecular Hbond substituents is 1. The van der Waals surface area contributed by atoms with Crippen molar-refractivity contribution >= 4 is 35.2 Å². The number of amides is 5. The van der Waals surface area contributed by atoms with E-state index in [9.17, 15) is 33.5 Å². The number of hydrogen-bond acceptors (Lipinski definition) is 8. The summed E-state index contributed by atoms with van der Waals surface area (Å²) in [7, 11) is 0. The van der Waals surface area contributed by atoms with Crippen LogP contribution in [-0.4, -0.2) is 94.7 Å². The Morgan fingerprint density at radius 2 is 1.39 bits per heavy atom. The van der Waals surface area contributed by atoms with E-state index in [4.69, 9.17) is 0 Å². The van der Waals surface area contributed by atoms with E-state index in [1.54, 1.807) is 30.3 Å². The van der Waals surface area contributed by atoms with Crippen LogP contribution >= 0.6 is 0 Å². The Morgan fingerprint density at radius 3 is 2.10 bits per heavy atom. The molecule has 12 heteroatoms. The van der Waals surface area contributed by atoms with Gasteiger partial charge in [0.1, 0.15) is 17.6 Å². The van der Waals surface area contributed by atoms with Gasteiger partial charge < -0.3 is 14.9 Å². The van der Waals surface area contributed by atoms with E-state index in [-0.39, 0.29) is 53.1 Å². The molecule has 2 N–H and O–H groups in total. The summed E-state index contributed by atoms with van der Waals surface area (Å²) in [5.74, 6) is -1.57. The predicted molar refractivity (Wildman–Crippen MR) is 226 cm³/mol. The van der Waals surface area contributed by atoms with Crippen LogP contribution in [0.5, 0.6) is 5.75 Å². The molecular weight excluding hydrogens is 774 g/mol. The number of nitrogens with one attached hydrogen (secondary N) is 1. The number of benzene rings is 4. The zero-order chi connectivity index (χ0) is 42.0. The first-order valence-corrected chi connectivity index (χ1v) is 21.8. The minimum Gasteiger partial charge on any atom is -0.508 e. The number of halogens is 1. The molecule has 11 nitrogen and oxygen atoms in total. The molecule has 5 heterocycles. The molecule has 10 rings (SSSR count). The third kappa shape index (κ3) is 7.28. The van der Waals surface area contributed by atoms with Crippen molar-refractivity contribution in [3.63, 3.8) is 0 Å². The lowest BCUT2D eigenvalue weighted by Crippen LogP contribution is -2.54. The number of carbonyl (C=O) groups is 5. The summed E-state index contributed by atoms with van der Waals surface area (Å²) in [6.07, 6.45) is 6.76. The van der Waals surface area contributed by atoms with Crippen LogP contribution in [0.25, 0.3) is 0 Å². The highest BCUT2D eigenvalue weighted by Crippen LogP contribution is 2.48. The van der Waals surface area contributed by atoms with Gasteiger partial charge in [0.25, 0.3) is 11.8 Å². The average molecular weight is 824 g/mol. The minimum absolute atomic E-state index is 0.0741. The van der Waals surface area contributed by atoms with Gasteiger partial charge in [-0.05, 0) is 145 Å². The molecule has 1 spiro atoms. The molecule has 0 radical (unpaired) electrons. The summed E-state index contributed by atoms with van der Waals surface area (Å²) < 4.78 is 13.9. The first-order chi connectivity index (χ1) is 29.5. The molecule has 0 saturated carbocycles. The normalized spacial score (nSPS) is 23.8. The molecule has 3 atom stereocenters. The van der Waals surface area contributed by atoms with E-state index in [2.05, 4.69) is 45.4 Å². The highest BCUT2D eigenvalue weighted by Gasteiger charge is 2.45. The molecule has 0 bridgehead atoms. The maximum absolute atomic E-state index is 13.9. The monoisotopic (exact) mass is 823 g/mol. The Hall–Kier alpha value is -5.88. The van der Waals surface area contributed by atoms with E-state index < -0.39 is 29.7 Å². The predicted octanol–water partition coefficient (Wildman–Crippen LogP) is 6.06. The molecular formula is C49H50FN5O6. The van der Waals surface area contributed by atoms with Gasteiger partial charge in [0.2, 0.25) is 17.7 Å². The number of likely N-dealkylation sites (tertiary alicyclic amines) is 1. The summed E-state index contributed by atoms with van der Waals surface area (Å²) in [6.45, 7) is 4.87. The quantitative estimate of drug-likeness (QED) is 0.225. The molecule has 4 aromatic carbocycles. The minimum atomic E-state index is -1.00. The number of piperidine rings is 3.